The van der Waals surface area contributed by atoms with Gasteiger partial charge in [0, 0.05) is 6.04 Å². The zero-order chi connectivity index (χ0) is 9.97. The van der Waals surface area contributed by atoms with Crippen LogP contribution < -0.4 is 5.32 Å². The highest BCUT2D eigenvalue weighted by Gasteiger charge is 2.25. The Hall–Kier alpha value is -0.890. The fraction of sp³-hybridized carbons (Fsp3) is 0.500. The van der Waals surface area contributed by atoms with Gasteiger partial charge >= 0.3 is 0 Å². The van der Waals surface area contributed by atoms with Crippen LogP contribution in [0.2, 0.25) is 0 Å². The Morgan fingerprint density at radius 1 is 1.36 bits per heavy atom. The van der Waals surface area contributed by atoms with E-state index in [1.54, 1.807) is 0 Å². The third-order valence-electron chi connectivity index (χ3n) is 2.89. The molecule has 2 heteroatoms. The highest BCUT2D eigenvalue weighted by Crippen LogP contribution is 2.37. The van der Waals surface area contributed by atoms with Crippen LogP contribution in [0.15, 0.2) is 24.3 Å². The molecule has 0 bridgehead atoms. The molecule has 0 spiro atoms. The minimum absolute atomic E-state index is 0.157. The van der Waals surface area contributed by atoms with Gasteiger partial charge in [0.2, 0.25) is 0 Å². The minimum atomic E-state index is -0.157. The molecule has 1 aliphatic carbocycles. The van der Waals surface area contributed by atoms with Crippen molar-refractivity contribution in [1.29, 1.82) is 0 Å². The van der Waals surface area contributed by atoms with Gasteiger partial charge in [-0.3, -0.25) is 0 Å². The van der Waals surface area contributed by atoms with Gasteiger partial charge in [-0.1, -0.05) is 25.0 Å². The fourth-order valence-electron chi connectivity index (χ4n) is 1.80. The van der Waals surface area contributed by atoms with Crippen molar-refractivity contribution < 1.29 is 4.39 Å². The Morgan fingerprint density at radius 3 is 2.50 bits per heavy atom. The molecule has 1 N–H and O–H groups in total. The normalized spacial score (nSPS) is 18.1. The van der Waals surface area contributed by atoms with Crippen LogP contribution >= 0.6 is 0 Å². The molecule has 1 atom stereocenters. The molecule has 1 unspecified atom stereocenters. The lowest BCUT2D eigenvalue weighted by Gasteiger charge is -2.15. The van der Waals surface area contributed by atoms with Crippen molar-refractivity contribution in [2.75, 3.05) is 7.05 Å². The SMILES string of the molecule is CNC(CC1CC1)c1ccc(F)cc1. The van der Waals surface area contributed by atoms with E-state index in [4.69, 9.17) is 0 Å². The minimum Gasteiger partial charge on any atom is -0.313 e. The molecule has 2 rings (SSSR count). The smallest absolute Gasteiger partial charge is 0.123 e. The maximum Gasteiger partial charge on any atom is 0.123 e. The first-order valence-corrected chi connectivity index (χ1v) is 5.22. The maximum absolute atomic E-state index is 12.7. The molecule has 76 valence electrons. The molecule has 1 aromatic rings. The van der Waals surface area contributed by atoms with Gasteiger partial charge in [-0.25, -0.2) is 4.39 Å². The molecule has 0 aliphatic heterocycles. The van der Waals surface area contributed by atoms with E-state index in [1.165, 1.54) is 37.0 Å². The van der Waals surface area contributed by atoms with Crippen LogP contribution in [0.4, 0.5) is 4.39 Å². The Labute approximate surface area is 84.3 Å². The Kier molecular flexibility index (Phi) is 2.82. The summed E-state index contributed by atoms with van der Waals surface area (Å²) in [5, 5.41) is 3.29. The van der Waals surface area contributed by atoms with Gasteiger partial charge in [0.1, 0.15) is 5.82 Å². The lowest BCUT2D eigenvalue weighted by atomic mass is 10.0. The number of hydrogen-bond acceptors (Lipinski definition) is 1. The van der Waals surface area contributed by atoms with E-state index in [1.807, 2.05) is 19.2 Å². The Bertz CT molecular complexity index is 290. The van der Waals surface area contributed by atoms with Crippen LogP contribution in [0.3, 0.4) is 0 Å². The standard InChI is InChI=1S/C12H16FN/c1-14-12(8-9-2-3-9)10-4-6-11(13)7-5-10/h4-7,9,12,14H,2-3,8H2,1H3. The molecule has 1 aliphatic rings. The molecule has 0 saturated heterocycles. The summed E-state index contributed by atoms with van der Waals surface area (Å²) in [6.45, 7) is 0. The first-order chi connectivity index (χ1) is 6.79. The second-order valence-corrected chi connectivity index (χ2v) is 4.07. The molecule has 0 amide bonds. The summed E-state index contributed by atoms with van der Waals surface area (Å²) >= 11 is 0. The summed E-state index contributed by atoms with van der Waals surface area (Å²) in [5.41, 5.74) is 1.20. The Balaban J connectivity index is 2.05. The molecule has 1 aromatic carbocycles. The first kappa shape index (κ1) is 9.66. The van der Waals surface area contributed by atoms with E-state index in [0.29, 0.717) is 6.04 Å². The van der Waals surface area contributed by atoms with Crippen LogP contribution in [-0.2, 0) is 0 Å². The number of rotatable bonds is 4. The predicted molar refractivity (Wildman–Crippen MR) is 55.5 cm³/mol. The van der Waals surface area contributed by atoms with Gasteiger partial charge in [0.25, 0.3) is 0 Å². The fourth-order valence-corrected chi connectivity index (χ4v) is 1.80. The van der Waals surface area contributed by atoms with E-state index in [2.05, 4.69) is 5.32 Å². The van der Waals surface area contributed by atoms with Crippen molar-refractivity contribution in [1.82, 2.24) is 5.32 Å². The molecule has 1 nitrogen and oxygen atoms in total. The second-order valence-electron chi connectivity index (χ2n) is 4.07. The first-order valence-electron chi connectivity index (χ1n) is 5.22. The van der Waals surface area contributed by atoms with Crippen LogP contribution in [0.1, 0.15) is 30.9 Å². The Morgan fingerprint density at radius 2 is 2.00 bits per heavy atom. The number of halogens is 1. The average molecular weight is 193 g/mol. The molecule has 1 saturated carbocycles. The zero-order valence-corrected chi connectivity index (χ0v) is 8.46. The van der Waals surface area contributed by atoms with E-state index < -0.39 is 0 Å². The average Bonchev–Trinajstić information content (AvgIpc) is 3.00. The topological polar surface area (TPSA) is 12.0 Å². The summed E-state index contributed by atoms with van der Waals surface area (Å²) < 4.78 is 12.7. The van der Waals surface area contributed by atoms with E-state index in [-0.39, 0.29) is 5.82 Å². The van der Waals surface area contributed by atoms with Gasteiger partial charge in [-0.05, 0) is 37.1 Å². The number of nitrogens with one attached hydrogen (secondary N) is 1. The number of benzene rings is 1. The highest BCUT2D eigenvalue weighted by molar-refractivity contribution is 5.20. The predicted octanol–water partition coefficient (Wildman–Crippen LogP) is 2.89. The van der Waals surface area contributed by atoms with Gasteiger partial charge in [0.15, 0.2) is 0 Å². The molecule has 1 fully saturated rings. The molecular formula is C12H16FN. The second kappa shape index (κ2) is 4.09. The van der Waals surface area contributed by atoms with E-state index >= 15 is 0 Å². The molecule has 0 radical (unpaired) electrons. The summed E-state index contributed by atoms with van der Waals surface area (Å²) in [6, 6.07) is 7.21. The summed E-state index contributed by atoms with van der Waals surface area (Å²) in [6.07, 6.45) is 3.90. The molecule has 14 heavy (non-hydrogen) atoms. The van der Waals surface area contributed by atoms with Gasteiger partial charge < -0.3 is 5.32 Å². The quantitative estimate of drug-likeness (QED) is 0.775. The third kappa shape index (κ3) is 2.32. The molecule has 0 aromatic heterocycles. The maximum atomic E-state index is 12.7. The van der Waals surface area contributed by atoms with Crippen molar-refractivity contribution in [2.24, 2.45) is 5.92 Å². The summed E-state index contributed by atoms with van der Waals surface area (Å²) in [4.78, 5) is 0. The monoisotopic (exact) mass is 193 g/mol. The van der Waals surface area contributed by atoms with Crippen LogP contribution in [0, 0.1) is 11.7 Å². The van der Waals surface area contributed by atoms with Crippen molar-refractivity contribution in [3.63, 3.8) is 0 Å². The third-order valence-corrected chi connectivity index (χ3v) is 2.89. The van der Waals surface area contributed by atoms with E-state index in [9.17, 15) is 4.39 Å². The zero-order valence-electron chi connectivity index (χ0n) is 8.46. The van der Waals surface area contributed by atoms with Crippen molar-refractivity contribution in [3.8, 4) is 0 Å². The molecule has 0 heterocycles. The lowest BCUT2D eigenvalue weighted by molar-refractivity contribution is 0.513. The van der Waals surface area contributed by atoms with Gasteiger partial charge in [-0.2, -0.15) is 0 Å². The number of hydrogen-bond donors (Lipinski definition) is 1. The van der Waals surface area contributed by atoms with Crippen LogP contribution in [0.5, 0.6) is 0 Å². The van der Waals surface area contributed by atoms with E-state index in [0.717, 1.165) is 5.92 Å². The summed E-state index contributed by atoms with van der Waals surface area (Å²) in [5.74, 6) is 0.729. The highest BCUT2D eigenvalue weighted by atomic mass is 19.1. The largest absolute Gasteiger partial charge is 0.313 e. The van der Waals surface area contributed by atoms with Crippen molar-refractivity contribution >= 4 is 0 Å². The van der Waals surface area contributed by atoms with Crippen LogP contribution in [-0.4, -0.2) is 7.05 Å². The molecular weight excluding hydrogens is 177 g/mol. The van der Waals surface area contributed by atoms with Crippen molar-refractivity contribution in [2.45, 2.75) is 25.3 Å². The lowest BCUT2D eigenvalue weighted by Crippen LogP contribution is -2.16. The van der Waals surface area contributed by atoms with Gasteiger partial charge in [0.05, 0.1) is 0 Å². The van der Waals surface area contributed by atoms with Gasteiger partial charge in [-0.15, -0.1) is 0 Å². The van der Waals surface area contributed by atoms with Crippen molar-refractivity contribution in [3.05, 3.63) is 35.6 Å². The van der Waals surface area contributed by atoms with Crippen LogP contribution in [0.25, 0.3) is 0 Å². The summed E-state index contributed by atoms with van der Waals surface area (Å²) in [7, 11) is 1.97.